The molecule has 0 heterocycles. The molecule has 1 N–H and O–H groups in total. The normalized spacial score (nSPS) is 12.5. The summed E-state index contributed by atoms with van der Waals surface area (Å²) < 4.78 is 27.5. The lowest BCUT2D eigenvalue weighted by atomic mass is 9.99. The van der Waals surface area contributed by atoms with Crippen molar-refractivity contribution in [1.29, 1.82) is 0 Å². The van der Waals surface area contributed by atoms with Gasteiger partial charge in [0.05, 0.1) is 0 Å². The van der Waals surface area contributed by atoms with E-state index >= 15 is 0 Å². The minimum absolute atomic E-state index is 0.0702. The summed E-state index contributed by atoms with van der Waals surface area (Å²) in [6.45, 7) is 1.53. The number of halogens is 3. The molecule has 0 spiro atoms. The van der Waals surface area contributed by atoms with E-state index in [2.05, 4.69) is 15.9 Å². The first-order valence-electron chi connectivity index (χ1n) is 5.38. The smallest absolute Gasteiger partial charge is 0.132 e. The Morgan fingerprint density at radius 3 is 2.39 bits per heavy atom. The topological polar surface area (TPSA) is 20.2 Å². The average Bonchev–Trinajstić information content (AvgIpc) is 2.33. The van der Waals surface area contributed by atoms with Crippen LogP contribution in [0.4, 0.5) is 8.78 Å². The molecule has 0 radical (unpaired) electrons. The Balaban J connectivity index is 2.50. The number of rotatable bonds is 2. The second kappa shape index (κ2) is 5.16. The summed E-state index contributed by atoms with van der Waals surface area (Å²) in [5.74, 6) is -1.36. The SMILES string of the molecule is Cc1cc(C(O)c2ccccc2Br)c(F)cc1F. The van der Waals surface area contributed by atoms with Gasteiger partial charge in [-0.3, -0.25) is 0 Å². The highest BCUT2D eigenvalue weighted by molar-refractivity contribution is 9.10. The Morgan fingerprint density at radius 1 is 1.06 bits per heavy atom. The van der Waals surface area contributed by atoms with E-state index in [0.717, 1.165) is 6.07 Å². The standard InChI is InChI=1S/C14H11BrF2O/c1-8-6-10(13(17)7-12(8)16)14(18)9-4-2-3-5-11(9)15/h2-7,14,18H,1H3. The average molecular weight is 313 g/mol. The van der Waals surface area contributed by atoms with E-state index in [0.29, 0.717) is 15.6 Å². The molecule has 0 saturated carbocycles. The van der Waals surface area contributed by atoms with Crippen LogP contribution in [-0.4, -0.2) is 5.11 Å². The second-order valence-corrected chi connectivity index (χ2v) is 4.90. The Morgan fingerprint density at radius 2 is 1.72 bits per heavy atom. The van der Waals surface area contributed by atoms with Gasteiger partial charge in [0.15, 0.2) is 0 Å². The highest BCUT2D eigenvalue weighted by Crippen LogP contribution is 2.30. The van der Waals surface area contributed by atoms with Gasteiger partial charge in [0.25, 0.3) is 0 Å². The maximum absolute atomic E-state index is 13.7. The molecule has 2 rings (SSSR count). The first kappa shape index (κ1) is 13.2. The van der Waals surface area contributed by atoms with E-state index in [1.807, 2.05) is 0 Å². The van der Waals surface area contributed by atoms with Crippen LogP contribution in [0.2, 0.25) is 0 Å². The molecule has 0 fully saturated rings. The lowest BCUT2D eigenvalue weighted by Crippen LogP contribution is -2.05. The zero-order chi connectivity index (χ0) is 13.3. The van der Waals surface area contributed by atoms with Crippen molar-refractivity contribution in [3.63, 3.8) is 0 Å². The largest absolute Gasteiger partial charge is 0.384 e. The molecule has 0 amide bonds. The summed E-state index contributed by atoms with van der Waals surface area (Å²) in [6, 6.07) is 9.11. The van der Waals surface area contributed by atoms with Gasteiger partial charge in [0.1, 0.15) is 17.7 Å². The summed E-state index contributed by atoms with van der Waals surface area (Å²) in [5, 5.41) is 10.2. The van der Waals surface area contributed by atoms with Gasteiger partial charge < -0.3 is 5.11 Å². The molecule has 4 heteroatoms. The fraction of sp³-hybridized carbons (Fsp3) is 0.143. The summed E-state index contributed by atoms with van der Waals surface area (Å²) in [6.07, 6.45) is -1.13. The van der Waals surface area contributed by atoms with Gasteiger partial charge >= 0.3 is 0 Å². The van der Waals surface area contributed by atoms with Crippen LogP contribution in [0.1, 0.15) is 22.8 Å². The Kier molecular flexibility index (Phi) is 3.78. The minimum Gasteiger partial charge on any atom is -0.384 e. The van der Waals surface area contributed by atoms with Crippen LogP contribution in [0.15, 0.2) is 40.9 Å². The molecule has 0 aromatic heterocycles. The maximum Gasteiger partial charge on any atom is 0.132 e. The van der Waals surface area contributed by atoms with Crippen LogP contribution in [0.3, 0.4) is 0 Å². The molecular weight excluding hydrogens is 302 g/mol. The van der Waals surface area contributed by atoms with Gasteiger partial charge in [-0.05, 0) is 30.2 Å². The molecular formula is C14H11BrF2O. The van der Waals surface area contributed by atoms with Crippen LogP contribution in [-0.2, 0) is 0 Å². The van der Waals surface area contributed by atoms with E-state index in [1.165, 1.54) is 13.0 Å². The van der Waals surface area contributed by atoms with E-state index < -0.39 is 17.7 Å². The third kappa shape index (κ3) is 2.44. The van der Waals surface area contributed by atoms with Gasteiger partial charge in [-0.2, -0.15) is 0 Å². The number of hydrogen-bond acceptors (Lipinski definition) is 1. The van der Waals surface area contributed by atoms with Crippen LogP contribution in [0.25, 0.3) is 0 Å². The van der Waals surface area contributed by atoms with E-state index in [1.54, 1.807) is 24.3 Å². The highest BCUT2D eigenvalue weighted by atomic mass is 79.9. The molecule has 1 unspecified atom stereocenters. The Bertz CT molecular complexity index is 584. The van der Waals surface area contributed by atoms with Crippen molar-refractivity contribution in [2.75, 3.05) is 0 Å². The van der Waals surface area contributed by atoms with Gasteiger partial charge in [-0.15, -0.1) is 0 Å². The molecule has 2 aromatic carbocycles. The van der Waals surface area contributed by atoms with Crippen LogP contribution < -0.4 is 0 Å². The van der Waals surface area contributed by atoms with Crippen molar-refractivity contribution >= 4 is 15.9 Å². The Hall–Kier alpha value is -1.26. The molecule has 0 aliphatic rings. The summed E-state index contributed by atoms with van der Waals surface area (Å²) in [7, 11) is 0. The molecule has 18 heavy (non-hydrogen) atoms. The zero-order valence-electron chi connectivity index (χ0n) is 9.62. The van der Waals surface area contributed by atoms with E-state index in [4.69, 9.17) is 0 Å². The summed E-state index contributed by atoms with van der Waals surface area (Å²) in [5.41, 5.74) is 0.917. The van der Waals surface area contributed by atoms with E-state index in [9.17, 15) is 13.9 Å². The molecule has 0 bridgehead atoms. The minimum atomic E-state index is -1.13. The van der Waals surface area contributed by atoms with Gasteiger partial charge in [-0.1, -0.05) is 34.1 Å². The zero-order valence-corrected chi connectivity index (χ0v) is 11.2. The predicted molar refractivity (Wildman–Crippen MR) is 69.3 cm³/mol. The number of hydrogen-bond donors (Lipinski definition) is 1. The van der Waals surface area contributed by atoms with Crippen LogP contribution in [0.5, 0.6) is 0 Å². The molecule has 0 aliphatic carbocycles. The van der Waals surface area contributed by atoms with Crippen molar-refractivity contribution in [3.05, 3.63) is 69.2 Å². The fourth-order valence-corrected chi connectivity index (χ4v) is 2.26. The Labute approximate surface area is 112 Å². The van der Waals surface area contributed by atoms with Crippen LogP contribution >= 0.6 is 15.9 Å². The lowest BCUT2D eigenvalue weighted by molar-refractivity contribution is 0.214. The molecule has 0 aliphatic heterocycles. The third-order valence-electron chi connectivity index (χ3n) is 2.77. The molecule has 1 nitrogen and oxygen atoms in total. The first-order valence-corrected chi connectivity index (χ1v) is 6.18. The number of aliphatic hydroxyl groups is 1. The van der Waals surface area contributed by atoms with Crippen molar-refractivity contribution in [2.24, 2.45) is 0 Å². The fourth-order valence-electron chi connectivity index (χ4n) is 1.75. The molecule has 94 valence electrons. The molecule has 0 saturated heterocycles. The van der Waals surface area contributed by atoms with Crippen LogP contribution in [0, 0.1) is 18.6 Å². The van der Waals surface area contributed by atoms with E-state index in [-0.39, 0.29) is 5.56 Å². The maximum atomic E-state index is 13.7. The van der Waals surface area contributed by atoms with Crippen molar-refractivity contribution in [2.45, 2.75) is 13.0 Å². The number of aryl methyl sites for hydroxylation is 1. The lowest BCUT2D eigenvalue weighted by Gasteiger charge is -2.15. The van der Waals surface area contributed by atoms with Gasteiger partial charge in [0.2, 0.25) is 0 Å². The monoisotopic (exact) mass is 312 g/mol. The quantitative estimate of drug-likeness (QED) is 0.884. The van der Waals surface area contributed by atoms with Gasteiger partial charge in [0, 0.05) is 16.1 Å². The first-order chi connectivity index (χ1) is 8.50. The summed E-state index contributed by atoms with van der Waals surface area (Å²) >= 11 is 3.30. The number of aliphatic hydroxyl groups excluding tert-OH is 1. The molecule has 2 aromatic rings. The third-order valence-corrected chi connectivity index (χ3v) is 3.49. The van der Waals surface area contributed by atoms with Crippen molar-refractivity contribution in [1.82, 2.24) is 0 Å². The van der Waals surface area contributed by atoms with Gasteiger partial charge in [-0.25, -0.2) is 8.78 Å². The second-order valence-electron chi connectivity index (χ2n) is 4.05. The predicted octanol–water partition coefficient (Wildman–Crippen LogP) is 4.12. The number of benzene rings is 2. The van der Waals surface area contributed by atoms with Crippen molar-refractivity contribution < 1.29 is 13.9 Å². The highest BCUT2D eigenvalue weighted by Gasteiger charge is 2.18. The summed E-state index contributed by atoms with van der Waals surface area (Å²) in [4.78, 5) is 0. The van der Waals surface area contributed by atoms with Crippen molar-refractivity contribution in [3.8, 4) is 0 Å². The molecule has 1 atom stereocenters.